The van der Waals surface area contributed by atoms with Gasteiger partial charge in [-0.25, -0.2) is 4.90 Å². The van der Waals surface area contributed by atoms with Crippen molar-refractivity contribution in [1.82, 2.24) is 0 Å². The lowest BCUT2D eigenvalue weighted by molar-refractivity contribution is -0.138. The van der Waals surface area contributed by atoms with E-state index in [9.17, 15) is 22.8 Å². The first-order valence-electron chi connectivity index (χ1n) is 11.4. The average Bonchev–Trinajstić information content (AvgIpc) is 3.43. The number of imide groups is 1. The summed E-state index contributed by atoms with van der Waals surface area (Å²) in [5.41, 5.74) is -3.40. The molecule has 2 bridgehead atoms. The van der Waals surface area contributed by atoms with Crippen LogP contribution in [0.3, 0.4) is 0 Å². The predicted molar refractivity (Wildman–Crippen MR) is 118 cm³/mol. The van der Waals surface area contributed by atoms with Gasteiger partial charge in [0.2, 0.25) is 11.8 Å². The number of halogens is 3. The molecular formula is C26H20F3N3O4. The van der Waals surface area contributed by atoms with Gasteiger partial charge in [0.25, 0.3) is 0 Å². The van der Waals surface area contributed by atoms with E-state index in [1.165, 1.54) is 12.1 Å². The highest BCUT2D eigenvalue weighted by Crippen LogP contribution is 2.62. The van der Waals surface area contributed by atoms with Crippen LogP contribution in [0.2, 0.25) is 0 Å². The molecule has 2 aromatic rings. The number of hydrogen-bond acceptors (Lipinski definition) is 6. The Hall–Kier alpha value is -3.89. The third kappa shape index (κ3) is 3.52. The van der Waals surface area contributed by atoms with E-state index in [-0.39, 0.29) is 12.3 Å². The molecule has 0 N–H and O–H groups in total. The molecule has 4 unspecified atom stereocenters. The Balaban J connectivity index is 1.42. The fraction of sp³-hybridized carbons (Fsp3) is 0.385. The summed E-state index contributed by atoms with van der Waals surface area (Å²) in [7, 11) is 0. The van der Waals surface area contributed by atoms with Gasteiger partial charge in [0, 0.05) is 6.42 Å². The van der Waals surface area contributed by atoms with Crippen molar-refractivity contribution >= 4 is 17.5 Å². The van der Waals surface area contributed by atoms with Gasteiger partial charge in [0.05, 0.1) is 64.2 Å². The van der Waals surface area contributed by atoms with E-state index in [1.54, 1.807) is 31.2 Å². The molecule has 3 fully saturated rings. The SMILES string of the molecule is CC12CCC(CCOc3ccc(C#N)cc3)(O1)C1C(=O)N(c3ccc(C#N)c(C(F)(F)F)c3)C(=O)C12. The minimum absolute atomic E-state index is 0.182. The van der Waals surface area contributed by atoms with Gasteiger partial charge >= 0.3 is 6.18 Å². The van der Waals surface area contributed by atoms with Gasteiger partial charge < -0.3 is 9.47 Å². The zero-order chi connectivity index (χ0) is 25.9. The maximum atomic E-state index is 13.6. The Morgan fingerprint density at radius 3 is 2.39 bits per heavy atom. The zero-order valence-corrected chi connectivity index (χ0v) is 19.1. The highest BCUT2D eigenvalue weighted by atomic mass is 19.4. The molecule has 10 heteroatoms. The van der Waals surface area contributed by atoms with Crippen LogP contribution in [0.25, 0.3) is 0 Å². The lowest BCUT2D eigenvalue weighted by Gasteiger charge is -2.31. The molecule has 0 aliphatic carbocycles. The summed E-state index contributed by atoms with van der Waals surface area (Å²) >= 11 is 0. The van der Waals surface area contributed by atoms with Crippen LogP contribution in [0.4, 0.5) is 18.9 Å². The van der Waals surface area contributed by atoms with Crippen LogP contribution in [0.15, 0.2) is 42.5 Å². The topological polar surface area (TPSA) is 103 Å². The molecule has 2 aromatic carbocycles. The maximum Gasteiger partial charge on any atom is 0.417 e. The molecule has 3 saturated heterocycles. The number of ether oxygens (including phenoxy) is 2. The van der Waals surface area contributed by atoms with E-state index in [4.69, 9.17) is 20.0 Å². The first-order chi connectivity index (χ1) is 17.0. The number of carbonyl (C=O) groups excluding carboxylic acids is 2. The van der Waals surface area contributed by atoms with E-state index in [1.807, 2.05) is 6.07 Å². The van der Waals surface area contributed by atoms with Crippen molar-refractivity contribution in [2.24, 2.45) is 11.8 Å². The number of amides is 2. The van der Waals surface area contributed by atoms with E-state index in [0.29, 0.717) is 36.6 Å². The Bertz CT molecular complexity index is 1340. The van der Waals surface area contributed by atoms with Crippen molar-refractivity contribution in [3.63, 3.8) is 0 Å². The molecule has 0 spiro atoms. The highest BCUT2D eigenvalue weighted by molar-refractivity contribution is 6.23. The molecule has 184 valence electrons. The standard InChI is InChI=1S/C26H20F3N3O4/c1-24-8-9-25(36-24,10-11-35-18-6-2-15(13-30)3-7-18)21-20(24)22(33)32(23(21)34)17-5-4-16(14-31)19(12-17)26(27,28)29/h2-7,12,20-21H,8-11H2,1H3. The van der Waals surface area contributed by atoms with Gasteiger partial charge in [0.1, 0.15) is 5.75 Å². The number of hydrogen-bond donors (Lipinski definition) is 0. The molecule has 3 aliphatic heterocycles. The third-order valence-corrected chi connectivity index (χ3v) is 7.48. The lowest BCUT2D eigenvalue weighted by Crippen LogP contribution is -2.43. The molecular weight excluding hydrogens is 475 g/mol. The van der Waals surface area contributed by atoms with Gasteiger partial charge in [-0.05, 0) is 62.2 Å². The number of rotatable bonds is 5. The number of fused-ring (bicyclic) bond motifs is 5. The van der Waals surface area contributed by atoms with Gasteiger partial charge in [0.15, 0.2) is 0 Å². The van der Waals surface area contributed by atoms with E-state index < -0.39 is 52.2 Å². The van der Waals surface area contributed by atoms with Gasteiger partial charge in [-0.1, -0.05) is 0 Å². The number of alkyl halides is 3. The first-order valence-corrected chi connectivity index (χ1v) is 11.4. The van der Waals surface area contributed by atoms with E-state index in [2.05, 4.69) is 0 Å². The summed E-state index contributed by atoms with van der Waals surface area (Å²) in [6.07, 6.45) is -3.48. The van der Waals surface area contributed by atoms with Crippen molar-refractivity contribution in [3.05, 3.63) is 59.2 Å². The molecule has 0 radical (unpaired) electrons. The van der Waals surface area contributed by atoms with Gasteiger partial charge in [-0.15, -0.1) is 0 Å². The first kappa shape index (κ1) is 23.8. The van der Waals surface area contributed by atoms with Crippen molar-refractivity contribution in [3.8, 4) is 17.9 Å². The molecule has 0 aromatic heterocycles. The fourth-order valence-corrected chi connectivity index (χ4v) is 5.84. The van der Waals surface area contributed by atoms with Crippen LogP contribution < -0.4 is 9.64 Å². The molecule has 4 atom stereocenters. The number of benzene rings is 2. The van der Waals surface area contributed by atoms with Crippen LogP contribution in [0.1, 0.15) is 42.9 Å². The van der Waals surface area contributed by atoms with Crippen LogP contribution in [0, 0.1) is 34.5 Å². The predicted octanol–water partition coefficient (Wildman–Crippen LogP) is 4.34. The van der Waals surface area contributed by atoms with Gasteiger partial charge in [-0.3, -0.25) is 9.59 Å². The number of nitrogens with zero attached hydrogens (tertiary/aromatic N) is 3. The minimum atomic E-state index is -4.82. The summed E-state index contributed by atoms with van der Waals surface area (Å²) in [6, 6.07) is 12.9. The van der Waals surface area contributed by atoms with Crippen LogP contribution in [0.5, 0.6) is 5.75 Å². The third-order valence-electron chi connectivity index (χ3n) is 7.48. The van der Waals surface area contributed by atoms with Crippen molar-refractivity contribution < 1.29 is 32.2 Å². The summed E-state index contributed by atoms with van der Waals surface area (Å²) in [5.74, 6) is -2.34. The number of anilines is 1. The molecule has 5 rings (SSSR count). The maximum absolute atomic E-state index is 13.6. The molecule has 2 amide bonds. The van der Waals surface area contributed by atoms with Crippen molar-refractivity contribution in [2.75, 3.05) is 11.5 Å². The second-order valence-electron chi connectivity index (χ2n) is 9.52. The monoisotopic (exact) mass is 495 g/mol. The zero-order valence-electron chi connectivity index (χ0n) is 19.1. The summed E-state index contributed by atoms with van der Waals surface area (Å²) < 4.78 is 52.7. The Labute approximate surface area is 204 Å². The van der Waals surface area contributed by atoms with E-state index >= 15 is 0 Å². The largest absolute Gasteiger partial charge is 0.493 e. The normalized spacial score (nSPS) is 28.7. The molecule has 36 heavy (non-hydrogen) atoms. The summed E-state index contributed by atoms with van der Waals surface area (Å²) in [5, 5.41) is 18.0. The Morgan fingerprint density at radius 1 is 1.06 bits per heavy atom. The van der Waals surface area contributed by atoms with Crippen molar-refractivity contribution in [1.29, 1.82) is 10.5 Å². The van der Waals surface area contributed by atoms with Crippen LogP contribution in [-0.2, 0) is 20.5 Å². The molecule has 0 saturated carbocycles. The lowest BCUT2D eigenvalue weighted by atomic mass is 9.67. The quantitative estimate of drug-likeness (QED) is 0.572. The minimum Gasteiger partial charge on any atom is -0.493 e. The Morgan fingerprint density at radius 2 is 1.75 bits per heavy atom. The Kier molecular flexibility index (Phi) is 5.34. The number of nitriles is 2. The fourth-order valence-electron chi connectivity index (χ4n) is 5.84. The molecule has 7 nitrogen and oxygen atoms in total. The highest BCUT2D eigenvalue weighted by Gasteiger charge is 2.73. The van der Waals surface area contributed by atoms with Gasteiger partial charge in [-0.2, -0.15) is 23.7 Å². The molecule has 3 aliphatic rings. The van der Waals surface area contributed by atoms with E-state index in [0.717, 1.165) is 11.0 Å². The summed E-state index contributed by atoms with van der Waals surface area (Å²) in [4.78, 5) is 27.8. The second-order valence-corrected chi connectivity index (χ2v) is 9.52. The summed E-state index contributed by atoms with van der Waals surface area (Å²) in [6.45, 7) is 1.94. The van der Waals surface area contributed by atoms with Crippen LogP contribution in [-0.4, -0.2) is 29.6 Å². The average molecular weight is 495 g/mol. The smallest absolute Gasteiger partial charge is 0.417 e. The second kappa shape index (κ2) is 8.07. The van der Waals surface area contributed by atoms with Crippen LogP contribution >= 0.6 is 0 Å². The number of carbonyl (C=O) groups is 2. The molecule has 3 heterocycles. The van der Waals surface area contributed by atoms with Crippen molar-refractivity contribution in [2.45, 2.75) is 43.6 Å².